The first-order valence-corrected chi connectivity index (χ1v) is 12.6. The Morgan fingerprint density at radius 1 is 1.24 bits per heavy atom. The molecule has 0 radical (unpaired) electrons. The molecule has 2 fully saturated rings. The number of carbonyl (C=O) groups is 2. The fraction of sp³-hybridized carbons (Fsp3) is 0.207. The van der Waals surface area contributed by atoms with Gasteiger partial charge in [0.25, 0.3) is 5.91 Å². The number of likely N-dealkylation sites (tertiary alicyclic amines) is 1. The van der Waals surface area contributed by atoms with Crippen LogP contribution in [-0.4, -0.2) is 48.9 Å². The maximum absolute atomic E-state index is 13.4. The Hall–Kier alpha value is -4.48. The van der Waals surface area contributed by atoms with Crippen LogP contribution in [0.4, 0.5) is 17.2 Å². The molecule has 5 rings (SSSR count). The molecule has 2 aliphatic rings. The van der Waals surface area contributed by atoms with E-state index in [9.17, 15) is 9.59 Å². The Kier molecular flexibility index (Phi) is 7.20. The number of hydrogen-bond acceptors (Lipinski definition) is 6. The number of halogens is 1. The number of terminal acetylenes is 1. The van der Waals surface area contributed by atoms with Gasteiger partial charge in [-0.15, -0.1) is 6.42 Å². The van der Waals surface area contributed by atoms with Crippen molar-refractivity contribution in [1.82, 2.24) is 15.2 Å². The van der Waals surface area contributed by atoms with E-state index >= 15 is 0 Å². The van der Waals surface area contributed by atoms with Gasteiger partial charge in [0.15, 0.2) is 0 Å². The van der Waals surface area contributed by atoms with Gasteiger partial charge in [-0.1, -0.05) is 29.7 Å². The molecule has 192 valence electrons. The molecular weight excluding hydrogens is 502 g/mol. The average Bonchev–Trinajstić information content (AvgIpc) is 2.88. The third-order valence-electron chi connectivity index (χ3n) is 6.61. The molecule has 0 unspecified atom stereocenters. The third-order valence-corrected chi connectivity index (χ3v) is 6.83. The average molecular weight is 528 g/mol. The van der Waals surface area contributed by atoms with Crippen molar-refractivity contribution < 1.29 is 14.3 Å². The standard InChI is InChI=1S/C29H26ClN5O3/c1-3-19-5-10-26(32-17-19)33-29(37)23-15-21(30)16-25(38-2)28(23)35(18-36)22-8-6-20(7-9-22)27(24-11-12-31-24)34-13-4-14-34/h1,5-10,15-18,31H,4,11-14H2,2H3,(H,32,33,37). The number of amides is 2. The zero-order valence-electron chi connectivity index (χ0n) is 20.8. The highest BCUT2D eigenvalue weighted by Gasteiger charge is 2.27. The molecule has 9 heteroatoms. The van der Waals surface area contributed by atoms with Crippen LogP contribution in [-0.2, 0) is 4.79 Å². The van der Waals surface area contributed by atoms with Gasteiger partial charge in [0.2, 0.25) is 6.41 Å². The van der Waals surface area contributed by atoms with Gasteiger partial charge >= 0.3 is 0 Å². The molecule has 0 aliphatic carbocycles. The van der Waals surface area contributed by atoms with Gasteiger partial charge in [-0.3, -0.25) is 14.5 Å². The maximum Gasteiger partial charge on any atom is 0.259 e. The van der Waals surface area contributed by atoms with E-state index in [-0.39, 0.29) is 22.0 Å². The molecule has 0 spiro atoms. The summed E-state index contributed by atoms with van der Waals surface area (Å²) in [6, 6.07) is 14.0. The zero-order valence-corrected chi connectivity index (χ0v) is 21.6. The zero-order chi connectivity index (χ0) is 26.6. The smallest absolute Gasteiger partial charge is 0.259 e. The number of methoxy groups -OCH3 is 1. The normalized spacial score (nSPS) is 15.2. The summed E-state index contributed by atoms with van der Waals surface area (Å²) in [5, 5.41) is 6.44. The van der Waals surface area contributed by atoms with Gasteiger partial charge in [-0.05, 0) is 42.3 Å². The number of benzene rings is 2. The molecule has 38 heavy (non-hydrogen) atoms. The summed E-state index contributed by atoms with van der Waals surface area (Å²) in [6.45, 7) is 3.04. The molecule has 0 bridgehead atoms. The molecule has 2 aromatic carbocycles. The lowest BCUT2D eigenvalue weighted by molar-refractivity contribution is -0.106. The minimum absolute atomic E-state index is 0.149. The number of nitrogens with one attached hydrogen (secondary N) is 2. The van der Waals surface area contributed by atoms with Crippen LogP contribution in [0, 0.1) is 12.3 Å². The van der Waals surface area contributed by atoms with Crippen LogP contribution < -0.4 is 20.3 Å². The lowest BCUT2D eigenvalue weighted by Crippen LogP contribution is -2.40. The number of rotatable bonds is 8. The first-order valence-electron chi connectivity index (χ1n) is 12.2. The van der Waals surface area contributed by atoms with Crippen LogP contribution >= 0.6 is 11.6 Å². The van der Waals surface area contributed by atoms with E-state index < -0.39 is 5.91 Å². The second-order valence-electron chi connectivity index (χ2n) is 8.90. The highest BCUT2D eigenvalue weighted by molar-refractivity contribution is 6.31. The van der Waals surface area contributed by atoms with Gasteiger partial charge in [0, 0.05) is 60.3 Å². The van der Waals surface area contributed by atoms with E-state index in [1.54, 1.807) is 18.2 Å². The van der Waals surface area contributed by atoms with Crippen molar-refractivity contribution in [3.63, 3.8) is 0 Å². The van der Waals surface area contributed by atoms with Crippen molar-refractivity contribution in [2.24, 2.45) is 0 Å². The number of hydrogen-bond donors (Lipinski definition) is 2. The molecule has 2 saturated heterocycles. The molecule has 2 aliphatic heterocycles. The molecule has 1 aromatic heterocycles. The Balaban J connectivity index is 1.50. The van der Waals surface area contributed by atoms with E-state index in [0.29, 0.717) is 23.5 Å². The number of carbonyl (C=O) groups excluding carboxylic acids is 2. The summed E-state index contributed by atoms with van der Waals surface area (Å²) in [5.41, 5.74) is 5.10. The Morgan fingerprint density at radius 2 is 2.00 bits per heavy atom. The van der Waals surface area contributed by atoms with Gasteiger partial charge in [0.1, 0.15) is 17.3 Å². The predicted octanol–water partition coefficient (Wildman–Crippen LogP) is 4.64. The van der Waals surface area contributed by atoms with Gasteiger partial charge in [-0.2, -0.15) is 0 Å². The molecular formula is C29H26ClN5O3. The summed E-state index contributed by atoms with van der Waals surface area (Å²) in [4.78, 5) is 33.7. The van der Waals surface area contributed by atoms with Gasteiger partial charge < -0.3 is 20.3 Å². The van der Waals surface area contributed by atoms with E-state index in [0.717, 1.165) is 31.6 Å². The van der Waals surface area contributed by atoms with Crippen molar-refractivity contribution >= 4 is 46.8 Å². The second-order valence-corrected chi connectivity index (χ2v) is 9.34. The first kappa shape index (κ1) is 25.2. The lowest BCUT2D eigenvalue weighted by atomic mass is 10.00. The molecule has 2 amide bonds. The molecule has 2 N–H and O–H groups in total. The quantitative estimate of drug-likeness (QED) is 0.328. The number of anilines is 3. The molecule has 3 heterocycles. The maximum atomic E-state index is 13.4. The summed E-state index contributed by atoms with van der Waals surface area (Å²) in [7, 11) is 1.46. The number of nitrogens with zero attached hydrogens (tertiary/aromatic N) is 3. The molecule has 0 atom stereocenters. The van der Waals surface area contributed by atoms with E-state index in [1.807, 2.05) is 24.3 Å². The van der Waals surface area contributed by atoms with Crippen molar-refractivity contribution in [3.8, 4) is 18.1 Å². The Bertz CT molecular complexity index is 1430. The highest BCUT2D eigenvalue weighted by Crippen LogP contribution is 2.40. The van der Waals surface area contributed by atoms with Crippen LogP contribution in [0.1, 0.15) is 34.3 Å². The monoisotopic (exact) mass is 527 g/mol. The fourth-order valence-electron chi connectivity index (χ4n) is 4.45. The number of pyridine rings is 1. The second kappa shape index (κ2) is 10.9. The Morgan fingerprint density at radius 3 is 2.53 bits per heavy atom. The molecule has 0 saturated carbocycles. The van der Waals surface area contributed by atoms with Crippen LogP contribution in [0.5, 0.6) is 5.75 Å². The summed E-state index contributed by atoms with van der Waals surface area (Å²) >= 11 is 6.31. The summed E-state index contributed by atoms with van der Waals surface area (Å²) in [6.07, 6.45) is 9.72. The number of ether oxygens (including phenoxy) is 1. The van der Waals surface area contributed by atoms with Crippen LogP contribution in [0.3, 0.4) is 0 Å². The van der Waals surface area contributed by atoms with Crippen molar-refractivity contribution in [2.75, 3.05) is 37.0 Å². The SMILES string of the molecule is C#Cc1ccc(NC(=O)c2cc(Cl)cc(OC)c2N(C=O)c2ccc(C(=C3CCN3)N3CCC3)cc2)nc1. The minimum Gasteiger partial charge on any atom is -0.494 e. The molecule has 3 aromatic rings. The fourth-order valence-corrected chi connectivity index (χ4v) is 4.66. The van der Waals surface area contributed by atoms with Crippen molar-refractivity contribution in [1.29, 1.82) is 0 Å². The third kappa shape index (κ3) is 4.89. The van der Waals surface area contributed by atoms with Crippen LogP contribution in [0.2, 0.25) is 5.02 Å². The van der Waals surface area contributed by atoms with E-state index in [4.69, 9.17) is 22.8 Å². The topological polar surface area (TPSA) is 86.8 Å². The minimum atomic E-state index is -0.508. The summed E-state index contributed by atoms with van der Waals surface area (Å²) < 4.78 is 5.55. The predicted molar refractivity (Wildman–Crippen MR) is 149 cm³/mol. The van der Waals surface area contributed by atoms with Crippen LogP contribution in [0.25, 0.3) is 5.70 Å². The van der Waals surface area contributed by atoms with Crippen molar-refractivity contribution in [3.05, 3.63) is 82.1 Å². The Labute approximate surface area is 226 Å². The highest BCUT2D eigenvalue weighted by atomic mass is 35.5. The lowest BCUT2D eigenvalue weighted by Gasteiger charge is -2.39. The van der Waals surface area contributed by atoms with Gasteiger partial charge in [-0.25, -0.2) is 4.98 Å². The van der Waals surface area contributed by atoms with E-state index in [2.05, 4.69) is 26.4 Å². The molecule has 8 nitrogen and oxygen atoms in total. The first-order chi connectivity index (χ1) is 18.5. The number of aromatic nitrogens is 1. The van der Waals surface area contributed by atoms with E-state index in [1.165, 1.54) is 42.1 Å². The van der Waals surface area contributed by atoms with Crippen LogP contribution in [0.15, 0.2) is 60.4 Å². The largest absolute Gasteiger partial charge is 0.494 e. The van der Waals surface area contributed by atoms with Gasteiger partial charge in [0.05, 0.1) is 18.4 Å². The van der Waals surface area contributed by atoms with Crippen molar-refractivity contribution in [2.45, 2.75) is 12.8 Å². The summed E-state index contributed by atoms with van der Waals surface area (Å²) in [5.74, 6) is 2.55.